The van der Waals surface area contributed by atoms with E-state index in [1.54, 1.807) is 24.7 Å². The van der Waals surface area contributed by atoms with Crippen LogP contribution in [0.4, 0.5) is 0 Å². The molecule has 0 nitrogen and oxygen atoms in total. The van der Waals surface area contributed by atoms with Gasteiger partial charge in [-0.05, 0) is 0 Å². The van der Waals surface area contributed by atoms with Crippen molar-refractivity contribution in [2.75, 3.05) is 0 Å². The van der Waals surface area contributed by atoms with E-state index in [-0.39, 0.29) is 24.8 Å². The Morgan fingerprint density at radius 2 is 1.35 bits per heavy atom. The van der Waals surface area contributed by atoms with Gasteiger partial charge in [0.15, 0.2) is 0 Å². The third-order valence-corrected chi connectivity index (χ3v) is 6.26. The zero-order chi connectivity index (χ0) is 14.4. The summed E-state index contributed by atoms with van der Waals surface area (Å²) in [7, 11) is 0. The number of halogens is 2. The second-order valence-electron chi connectivity index (χ2n) is 5.60. The van der Waals surface area contributed by atoms with Crippen LogP contribution in [-0.4, -0.2) is 0 Å². The van der Waals surface area contributed by atoms with Crippen LogP contribution in [-0.2, 0) is 24.7 Å². The van der Waals surface area contributed by atoms with E-state index in [1.807, 2.05) is 0 Å². The normalized spacial score (nSPS) is 15.9. The molecule has 0 saturated carbocycles. The first-order valence-corrected chi connectivity index (χ1v) is 8.68. The Morgan fingerprint density at radius 1 is 0.739 bits per heavy atom. The molecule has 0 N–H and O–H groups in total. The van der Waals surface area contributed by atoms with Gasteiger partial charge in [0.2, 0.25) is 0 Å². The Hall–Kier alpha value is -0.877. The van der Waals surface area contributed by atoms with Crippen LogP contribution >= 0.6 is 0 Å². The van der Waals surface area contributed by atoms with Crippen molar-refractivity contribution < 1.29 is 49.5 Å². The molecule has 0 saturated heterocycles. The summed E-state index contributed by atoms with van der Waals surface area (Å²) in [6, 6.07) is 24.2. The van der Waals surface area contributed by atoms with E-state index in [0.717, 1.165) is 0 Å². The molecule has 0 amide bonds. The molecule has 113 valence electrons. The molecule has 0 radical (unpaired) electrons. The number of rotatable bonds is 1. The smallest absolute Gasteiger partial charge is 1.00 e. The Morgan fingerprint density at radius 3 is 2.17 bits per heavy atom. The van der Waals surface area contributed by atoms with Gasteiger partial charge in [0.05, 0.1) is 0 Å². The van der Waals surface area contributed by atoms with Crippen molar-refractivity contribution in [2.24, 2.45) is 0 Å². The van der Waals surface area contributed by atoms with Gasteiger partial charge in [-0.15, -0.1) is 0 Å². The minimum atomic E-state index is 0. The molecule has 1 atom stereocenters. The summed E-state index contributed by atoms with van der Waals surface area (Å²) in [5.41, 5.74) is 7.27. The number of fused-ring (bicyclic) bond motifs is 2. The van der Waals surface area contributed by atoms with Gasteiger partial charge in [-0.25, -0.2) is 0 Å². The molecular weight excluding hydrogens is 402 g/mol. The Bertz CT molecular complexity index is 878. The predicted octanol–water partition coefficient (Wildman–Crippen LogP) is -0.729. The zero-order valence-corrected chi connectivity index (χ0v) is 16.7. The summed E-state index contributed by atoms with van der Waals surface area (Å²) in [6.07, 6.45) is 0. The van der Waals surface area contributed by atoms with Crippen molar-refractivity contribution in [2.45, 2.75) is 10.5 Å². The number of benzene rings is 3. The van der Waals surface area contributed by atoms with Crippen molar-refractivity contribution in [1.29, 1.82) is 0 Å². The van der Waals surface area contributed by atoms with Crippen LogP contribution in [0.2, 0.25) is 0 Å². The molecule has 0 aliphatic heterocycles. The minimum absolute atomic E-state index is 0. The van der Waals surface area contributed by atoms with Gasteiger partial charge in [0.25, 0.3) is 0 Å². The van der Waals surface area contributed by atoms with E-state index in [1.165, 1.54) is 38.6 Å². The number of allylic oxidation sites excluding steroid dienone is 1. The maximum atomic E-state index is 2.30. The van der Waals surface area contributed by atoms with Gasteiger partial charge in [-0.3, -0.25) is 0 Å². The van der Waals surface area contributed by atoms with Gasteiger partial charge in [0, 0.05) is 0 Å². The van der Waals surface area contributed by atoms with Crippen molar-refractivity contribution >= 4 is 16.3 Å². The third kappa shape index (κ3) is 2.96. The molecule has 3 aromatic rings. The fourth-order valence-corrected chi connectivity index (χ4v) is 4.34. The first-order valence-electron chi connectivity index (χ1n) is 7.26. The fraction of sp³-hybridized carbons (Fsp3) is 0.100. The average Bonchev–Trinajstić information content (AvgIpc) is 2.79. The summed E-state index contributed by atoms with van der Waals surface area (Å²) in [4.78, 5) is 0. The molecule has 3 aromatic carbocycles. The molecule has 1 unspecified atom stereocenters. The summed E-state index contributed by atoms with van der Waals surface area (Å²) >= 11 is 1.58. The summed E-state index contributed by atoms with van der Waals surface area (Å²) in [5.74, 6) is 0. The van der Waals surface area contributed by atoms with Gasteiger partial charge in [-0.2, -0.15) is 0 Å². The van der Waals surface area contributed by atoms with Gasteiger partial charge in [0.1, 0.15) is 0 Å². The first-order chi connectivity index (χ1) is 10.3. The molecule has 0 heterocycles. The van der Waals surface area contributed by atoms with Crippen LogP contribution in [0.15, 0.2) is 72.3 Å². The molecule has 0 fully saturated rings. The van der Waals surface area contributed by atoms with E-state index in [2.05, 4.69) is 73.7 Å². The topological polar surface area (TPSA) is 0 Å². The van der Waals surface area contributed by atoms with E-state index in [0.29, 0.717) is 3.63 Å². The first kappa shape index (κ1) is 18.5. The van der Waals surface area contributed by atoms with Crippen LogP contribution < -0.4 is 24.8 Å². The van der Waals surface area contributed by atoms with Crippen molar-refractivity contribution in [3.63, 3.8) is 0 Å². The summed E-state index contributed by atoms with van der Waals surface area (Å²) in [5, 5.41) is 2.68. The molecule has 1 aliphatic carbocycles. The van der Waals surface area contributed by atoms with E-state index >= 15 is 0 Å². The maximum absolute atomic E-state index is 2.30. The van der Waals surface area contributed by atoms with E-state index in [9.17, 15) is 0 Å². The zero-order valence-electron chi connectivity index (χ0n) is 12.7. The van der Waals surface area contributed by atoms with Crippen molar-refractivity contribution in [3.8, 4) is 0 Å². The van der Waals surface area contributed by atoms with Gasteiger partial charge < -0.3 is 24.8 Å². The minimum Gasteiger partial charge on any atom is -1.00 e. The van der Waals surface area contributed by atoms with Crippen LogP contribution in [0.1, 0.15) is 27.2 Å². The quantitative estimate of drug-likeness (QED) is 0.490. The second kappa shape index (κ2) is 7.35. The molecule has 0 aromatic heterocycles. The Labute approximate surface area is 164 Å². The fourth-order valence-electron chi connectivity index (χ4n) is 3.37. The van der Waals surface area contributed by atoms with E-state index < -0.39 is 0 Å². The molecule has 0 spiro atoms. The molecule has 3 heteroatoms. The SMILES string of the molecule is CC1=C(c2cccc3ccccc23)c2ccccc2[CH]1[Zr+2].[Cl-].[Cl-]. The summed E-state index contributed by atoms with van der Waals surface area (Å²) in [6.45, 7) is 2.30. The van der Waals surface area contributed by atoms with E-state index in [4.69, 9.17) is 0 Å². The monoisotopic (exact) mass is 415 g/mol. The predicted molar refractivity (Wildman–Crippen MR) is 84.8 cm³/mol. The van der Waals surface area contributed by atoms with Crippen LogP contribution in [0.3, 0.4) is 0 Å². The summed E-state index contributed by atoms with van der Waals surface area (Å²) < 4.78 is 0.599. The second-order valence-corrected chi connectivity index (χ2v) is 7.02. The van der Waals surface area contributed by atoms with Crippen LogP contribution in [0, 0.1) is 0 Å². The average molecular weight is 417 g/mol. The number of hydrogen-bond acceptors (Lipinski definition) is 0. The number of hydrogen-bond donors (Lipinski definition) is 0. The third-order valence-electron chi connectivity index (χ3n) is 4.43. The largest absolute Gasteiger partial charge is 1.00 e. The van der Waals surface area contributed by atoms with Crippen LogP contribution in [0.5, 0.6) is 0 Å². The molecule has 23 heavy (non-hydrogen) atoms. The standard InChI is InChI=1S/C20H15.2ClH.Zr/c1-14-13-16-8-3-5-11-18(16)20(14)19-12-6-9-15-7-2-4-10-17(15)19;;;/h2-13H,1H3;2*1H;/q;;;+2/p-2. The Kier molecular flexibility index (Phi) is 5.90. The van der Waals surface area contributed by atoms with Crippen molar-refractivity contribution in [3.05, 3.63) is 89.0 Å². The van der Waals surface area contributed by atoms with Crippen molar-refractivity contribution in [1.82, 2.24) is 0 Å². The maximum Gasteiger partial charge on any atom is -1.00 e. The van der Waals surface area contributed by atoms with Gasteiger partial charge in [-0.1, -0.05) is 0 Å². The van der Waals surface area contributed by atoms with Crippen LogP contribution in [0.25, 0.3) is 16.3 Å². The Balaban J connectivity index is 0.000000960. The molecule has 1 aliphatic rings. The molecule has 4 rings (SSSR count). The molecule has 0 bridgehead atoms. The van der Waals surface area contributed by atoms with Gasteiger partial charge >= 0.3 is 141 Å². The molecular formula is C20H15Cl2Zr.